The van der Waals surface area contributed by atoms with Crippen molar-refractivity contribution in [3.05, 3.63) is 58.6 Å². The van der Waals surface area contributed by atoms with Crippen LogP contribution in [0.15, 0.2) is 53.0 Å². The fourth-order valence-corrected chi connectivity index (χ4v) is 5.24. The summed E-state index contributed by atoms with van der Waals surface area (Å²) in [7, 11) is 0. The lowest BCUT2D eigenvalue weighted by atomic mass is 10.0. The Hall–Kier alpha value is -2.18. The van der Waals surface area contributed by atoms with E-state index in [0.717, 1.165) is 72.7 Å². The molecule has 6 heteroatoms. The summed E-state index contributed by atoms with van der Waals surface area (Å²) in [5, 5.41) is 4.91. The lowest BCUT2D eigenvalue weighted by Gasteiger charge is -2.33. The van der Waals surface area contributed by atoms with Crippen LogP contribution in [0.5, 0.6) is 0 Å². The van der Waals surface area contributed by atoms with Crippen molar-refractivity contribution in [1.82, 2.24) is 14.9 Å². The van der Waals surface area contributed by atoms with Gasteiger partial charge in [-0.05, 0) is 49.4 Å². The fourth-order valence-electron chi connectivity index (χ4n) is 4.88. The SMILES string of the molecule is Brc1ccc2nc(N3CCCCCC3)nc(NC3CCN(Cc4ccccc4)CC3)c2c1. The molecule has 2 saturated heterocycles. The minimum Gasteiger partial charge on any atom is -0.367 e. The maximum absolute atomic E-state index is 5.06. The van der Waals surface area contributed by atoms with E-state index in [-0.39, 0.29) is 0 Å². The van der Waals surface area contributed by atoms with Gasteiger partial charge in [0.25, 0.3) is 0 Å². The van der Waals surface area contributed by atoms with Gasteiger partial charge in [-0.25, -0.2) is 4.98 Å². The summed E-state index contributed by atoms with van der Waals surface area (Å²) in [5.74, 6) is 1.86. The van der Waals surface area contributed by atoms with E-state index < -0.39 is 0 Å². The lowest BCUT2D eigenvalue weighted by molar-refractivity contribution is 0.211. The monoisotopic (exact) mass is 493 g/mol. The molecule has 168 valence electrons. The Balaban J connectivity index is 1.32. The quantitative estimate of drug-likeness (QED) is 0.482. The maximum Gasteiger partial charge on any atom is 0.227 e. The van der Waals surface area contributed by atoms with Crippen molar-refractivity contribution < 1.29 is 0 Å². The van der Waals surface area contributed by atoms with Gasteiger partial charge in [0.2, 0.25) is 5.95 Å². The van der Waals surface area contributed by atoms with Gasteiger partial charge in [0, 0.05) is 48.6 Å². The topological polar surface area (TPSA) is 44.3 Å². The van der Waals surface area contributed by atoms with E-state index in [1.54, 1.807) is 0 Å². The van der Waals surface area contributed by atoms with Crippen molar-refractivity contribution in [2.24, 2.45) is 0 Å². The van der Waals surface area contributed by atoms with Crippen LogP contribution in [0.4, 0.5) is 11.8 Å². The number of fused-ring (bicyclic) bond motifs is 1. The number of benzene rings is 2. The summed E-state index contributed by atoms with van der Waals surface area (Å²) in [4.78, 5) is 14.9. The summed E-state index contributed by atoms with van der Waals surface area (Å²) in [6.45, 7) is 5.37. The molecule has 0 amide bonds. The number of nitrogens with zero attached hydrogens (tertiary/aromatic N) is 4. The molecule has 0 atom stereocenters. The average Bonchev–Trinajstić information content (AvgIpc) is 3.11. The van der Waals surface area contributed by atoms with Gasteiger partial charge >= 0.3 is 0 Å². The number of hydrogen-bond acceptors (Lipinski definition) is 5. The number of rotatable bonds is 5. The average molecular weight is 494 g/mol. The first-order valence-electron chi connectivity index (χ1n) is 12.0. The Labute approximate surface area is 199 Å². The molecule has 0 saturated carbocycles. The highest BCUT2D eigenvalue weighted by atomic mass is 79.9. The van der Waals surface area contributed by atoms with Crippen LogP contribution in [0.1, 0.15) is 44.1 Å². The molecular formula is C26H32BrN5. The van der Waals surface area contributed by atoms with Crippen molar-refractivity contribution in [3.8, 4) is 0 Å². The van der Waals surface area contributed by atoms with E-state index in [2.05, 4.69) is 79.6 Å². The first-order valence-corrected chi connectivity index (χ1v) is 12.8. The second kappa shape index (κ2) is 10.2. The molecule has 2 aliphatic heterocycles. The molecular weight excluding hydrogens is 462 g/mol. The normalized spacial score (nSPS) is 18.6. The number of likely N-dealkylation sites (tertiary alicyclic amines) is 1. The van der Waals surface area contributed by atoms with Gasteiger partial charge in [0.05, 0.1) is 5.52 Å². The van der Waals surface area contributed by atoms with Crippen molar-refractivity contribution in [3.63, 3.8) is 0 Å². The van der Waals surface area contributed by atoms with Crippen molar-refractivity contribution in [1.29, 1.82) is 0 Å². The van der Waals surface area contributed by atoms with Crippen LogP contribution < -0.4 is 10.2 Å². The number of nitrogens with one attached hydrogen (secondary N) is 1. The largest absolute Gasteiger partial charge is 0.367 e. The smallest absolute Gasteiger partial charge is 0.227 e. The Bertz CT molecular complexity index is 1030. The first kappa shape index (κ1) is 21.7. The van der Waals surface area contributed by atoms with E-state index in [4.69, 9.17) is 9.97 Å². The van der Waals surface area contributed by atoms with Crippen molar-refractivity contribution in [2.75, 3.05) is 36.4 Å². The molecule has 32 heavy (non-hydrogen) atoms. The molecule has 0 bridgehead atoms. The van der Waals surface area contributed by atoms with Gasteiger partial charge in [0.1, 0.15) is 5.82 Å². The van der Waals surface area contributed by atoms with Crippen molar-refractivity contribution >= 4 is 38.6 Å². The number of piperidine rings is 1. The zero-order valence-corrected chi connectivity index (χ0v) is 20.2. The summed E-state index contributed by atoms with van der Waals surface area (Å²) in [6, 6.07) is 17.6. The highest BCUT2D eigenvalue weighted by Crippen LogP contribution is 2.29. The minimum absolute atomic E-state index is 0.441. The summed E-state index contributed by atoms with van der Waals surface area (Å²) in [5.41, 5.74) is 2.42. The van der Waals surface area contributed by atoms with Crippen LogP contribution in [0.25, 0.3) is 10.9 Å². The maximum atomic E-state index is 5.06. The molecule has 3 heterocycles. The third kappa shape index (κ3) is 5.24. The second-order valence-corrected chi connectivity index (χ2v) is 10.0. The van der Waals surface area contributed by atoms with Crippen molar-refractivity contribution in [2.45, 2.75) is 51.1 Å². The van der Waals surface area contributed by atoms with E-state index >= 15 is 0 Å². The molecule has 1 aromatic heterocycles. The summed E-state index contributed by atoms with van der Waals surface area (Å²) in [6.07, 6.45) is 7.33. The van der Waals surface area contributed by atoms with Gasteiger partial charge in [-0.2, -0.15) is 4.98 Å². The third-order valence-electron chi connectivity index (χ3n) is 6.71. The summed E-state index contributed by atoms with van der Waals surface area (Å²) < 4.78 is 1.07. The predicted octanol–water partition coefficient (Wildman–Crippen LogP) is 5.85. The van der Waals surface area contributed by atoms with Crippen LogP contribution in [0.3, 0.4) is 0 Å². The molecule has 0 aliphatic carbocycles. The molecule has 0 spiro atoms. The molecule has 0 unspecified atom stereocenters. The van der Waals surface area contributed by atoms with Crippen LogP contribution >= 0.6 is 15.9 Å². The third-order valence-corrected chi connectivity index (χ3v) is 7.21. The van der Waals surface area contributed by atoms with Crippen LogP contribution in [-0.4, -0.2) is 47.1 Å². The van der Waals surface area contributed by atoms with E-state index in [9.17, 15) is 0 Å². The van der Waals surface area contributed by atoms with E-state index in [1.807, 2.05) is 0 Å². The highest BCUT2D eigenvalue weighted by molar-refractivity contribution is 9.10. The standard InChI is InChI=1S/C26H32BrN5/c27-21-10-11-24-23(18-21)25(30-26(29-24)32-14-6-1-2-7-15-32)28-22-12-16-31(17-13-22)19-20-8-4-3-5-9-20/h3-5,8-11,18,22H,1-2,6-7,12-17,19H2,(H,28,29,30). The zero-order valence-electron chi connectivity index (χ0n) is 18.6. The molecule has 3 aromatic rings. The van der Waals surface area contributed by atoms with Gasteiger partial charge in [-0.15, -0.1) is 0 Å². The second-order valence-electron chi connectivity index (χ2n) is 9.12. The van der Waals surface area contributed by atoms with E-state index in [1.165, 1.54) is 31.2 Å². The van der Waals surface area contributed by atoms with Crippen LogP contribution in [0.2, 0.25) is 0 Å². The highest BCUT2D eigenvalue weighted by Gasteiger charge is 2.22. The molecule has 5 rings (SSSR count). The number of hydrogen-bond donors (Lipinski definition) is 1. The molecule has 2 aliphatic rings. The predicted molar refractivity (Wildman–Crippen MR) is 136 cm³/mol. The molecule has 0 radical (unpaired) electrons. The Morgan fingerprint density at radius 2 is 1.62 bits per heavy atom. The Morgan fingerprint density at radius 1 is 0.875 bits per heavy atom. The summed E-state index contributed by atoms with van der Waals surface area (Å²) >= 11 is 3.64. The van der Waals surface area contributed by atoms with Gasteiger partial charge in [-0.3, -0.25) is 4.90 Å². The number of aromatic nitrogens is 2. The van der Waals surface area contributed by atoms with Crippen LogP contribution in [0, 0.1) is 0 Å². The molecule has 2 fully saturated rings. The lowest BCUT2D eigenvalue weighted by Crippen LogP contribution is -2.39. The Kier molecular flexibility index (Phi) is 6.89. The minimum atomic E-state index is 0.441. The van der Waals surface area contributed by atoms with Gasteiger partial charge < -0.3 is 10.2 Å². The van der Waals surface area contributed by atoms with E-state index in [0.29, 0.717) is 6.04 Å². The Morgan fingerprint density at radius 3 is 2.38 bits per heavy atom. The van der Waals surface area contributed by atoms with Gasteiger partial charge in [0.15, 0.2) is 0 Å². The zero-order chi connectivity index (χ0) is 21.8. The van der Waals surface area contributed by atoms with Gasteiger partial charge in [-0.1, -0.05) is 59.1 Å². The van der Waals surface area contributed by atoms with Crippen LogP contribution in [-0.2, 0) is 6.54 Å². The first-order chi connectivity index (χ1) is 15.7. The molecule has 5 nitrogen and oxygen atoms in total. The number of halogens is 1. The molecule has 2 aromatic carbocycles. The molecule has 1 N–H and O–H groups in total. The fraction of sp³-hybridized carbons (Fsp3) is 0.462. The number of anilines is 2.